The summed E-state index contributed by atoms with van der Waals surface area (Å²) in [5.41, 5.74) is 0. The van der Waals surface area contributed by atoms with Crippen LogP contribution in [0.1, 0.15) is 51.9 Å². The Balaban J connectivity index is 3.37. The van der Waals surface area contributed by atoms with E-state index in [-0.39, 0.29) is 0 Å². The molecular weight excluding hydrogens is 222 g/mol. The number of carboxylic acid groups (broad SMARTS) is 1. The van der Waals surface area contributed by atoms with Crippen molar-refractivity contribution in [2.45, 2.75) is 57.9 Å². The molecule has 0 radical (unpaired) electrons. The monoisotopic (exact) mass is 247 g/mol. The molecule has 0 unspecified atom stereocenters. The third kappa shape index (κ3) is 9.04. The zero-order valence-electron chi connectivity index (χ0n) is 10.2. The second-order valence-corrected chi connectivity index (χ2v) is 4.57. The first-order valence-corrected chi connectivity index (χ1v) is 6.92. The van der Waals surface area contributed by atoms with Gasteiger partial charge in [0.25, 0.3) is 0 Å². The van der Waals surface area contributed by atoms with Gasteiger partial charge < -0.3 is 10.4 Å². The van der Waals surface area contributed by atoms with E-state index in [1.165, 1.54) is 32.1 Å². The Kier molecular flexibility index (Phi) is 11.1. The maximum Gasteiger partial charge on any atom is 0.320 e. The summed E-state index contributed by atoms with van der Waals surface area (Å²) in [6.07, 6.45) is 8.00. The number of rotatable bonds is 11. The van der Waals surface area contributed by atoms with Gasteiger partial charge in [0.1, 0.15) is 6.04 Å². The van der Waals surface area contributed by atoms with E-state index in [1.54, 1.807) is 0 Å². The molecular formula is C12H25NO2S. The van der Waals surface area contributed by atoms with Crippen LogP contribution in [0.25, 0.3) is 0 Å². The number of carbonyl (C=O) groups is 1. The van der Waals surface area contributed by atoms with Gasteiger partial charge in [-0.3, -0.25) is 4.79 Å². The van der Waals surface area contributed by atoms with E-state index in [2.05, 4.69) is 24.9 Å². The van der Waals surface area contributed by atoms with Crippen molar-refractivity contribution >= 4 is 18.6 Å². The fourth-order valence-electron chi connectivity index (χ4n) is 1.62. The molecule has 4 heteroatoms. The van der Waals surface area contributed by atoms with Crippen molar-refractivity contribution in [3.63, 3.8) is 0 Å². The predicted octanol–water partition coefficient (Wildman–Crippen LogP) is 2.71. The average molecular weight is 247 g/mol. The zero-order valence-corrected chi connectivity index (χ0v) is 11.1. The lowest BCUT2D eigenvalue weighted by Gasteiger charge is -2.12. The molecule has 96 valence electrons. The topological polar surface area (TPSA) is 49.3 Å². The number of thiol groups is 1. The van der Waals surface area contributed by atoms with E-state index in [4.69, 9.17) is 5.11 Å². The normalized spacial score (nSPS) is 12.6. The van der Waals surface area contributed by atoms with Crippen LogP contribution in [0.5, 0.6) is 0 Å². The molecule has 0 saturated carbocycles. The van der Waals surface area contributed by atoms with E-state index in [9.17, 15) is 4.79 Å². The molecule has 0 saturated heterocycles. The Morgan fingerprint density at radius 3 is 2.44 bits per heavy atom. The van der Waals surface area contributed by atoms with Gasteiger partial charge in [0.05, 0.1) is 0 Å². The minimum Gasteiger partial charge on any atom is -0.480 e. The lowest BCUT2D eigenvalue weighted by Crippen LogP contribution is -2.37. The third-order valence-electron chi connectivity index (χ3n) is 2.64. The first-order chi connectivity index (χ1) is 7.72. The highest BCUT2D eigenvalue weighted by atomic mass is 32.1. The van der Waals surface area contributed by atoms with Crippen molar-refractivity contribution in [3.05, 3.63) is 0 Å². The highest BCUT2D eigenvalue weighted by molar-refractivity contribution is 7.80. The molecule has 0 heterocycles. The molecule has 0 aromatic heterocycles. The minimum absolute atomic E-state index is 0.423. The van der Waals surface area contributed by atoms with Crippen molar-refractivity contribution in [1.29, 1.82) is 0 Å². The molecule has 3 nitrogen and oxygen atoms in total. The van der Waals surface area contributed by atoms with E-state index < -0.39 is 12.0 Å². The third-order valence-corrected chi connectivity index (χ3v) is 2.90. The molecule has 0 aliphatic rings. The quantitative estimate of drug-likeness (QED) is 0.389. The summed E-state index contributed by atoms with van der Waals surface area (Å²) in [6, 6.07) is -0.423. The molecule has 0 aliphatic heterocycles. The van der Waals surface area contributed by atoms with Gasteiger partial charge in [0.2, 0.25) is 0 Å². The molecule has 0 aromatic rings. The lowest BCUT2D eigenvalue weighted by molar-refractivity contribution is -0.139. The van der Waals surface area contributed by atoms with Gasteiger partial charge in [0, 0.05) is 0 Å². The van der Waals surface area contributed by atoms with Crippen molar-refractivity contribution in [3.8, 4) is 0 Å². The molecule has 16 heavy (non-hydrogen) atoms. The van der Waals surface area contributed by atoms with Crippen LogP contribution in [0.4, 0.5) is 0 Å². The SMILES string of the molecule is CCCCCCCCN[C@@H](CCS)C(=O)O. The summed E-state index contributed by atoms with van der Waals surface area (Å²) in [5, 5.41) is 11.9. The van der Waals surface area contributed by atoms with Crippen LogP contribution in [-0.2, 0) is 4.79 Å². The first kappa shape index (κ1) is 15.8. The molecule has 2 N–H and O–H groups in total. The second-order valence-electron chi connectivity index (χ2n) is 4.12. The molecule has 0 rings (SSSR count). The number of aliphatic carboxylic acids is 1. The Morgan fingerprint density at radius 1 is 1.25 bits per heavy atom. The molecule has 0 spiro atoms. The summed E-state index contributed by atoms with van der Waals surface area (Å²) in [5.74, 6) is -0.152. The Morgan fingerprint density at radius 2 is 1.88 bits per heavy atom. The summed E-state index contributed by atoms with van der Waals surface area (Å²) in [4.78, 5) is 10.8. The highest BCUT2D eigenvalue weighted by Gasteiger charge is 2.14. The van der Waals surface area contributed by atoms with Gasteiger partial charge in [-0.1, -0.05) is 39.0 Å². The molecule has 0 fully saturated rings. The van der Waals surface area contributed by atoms with Gasteiger partial charge in [-0.15, -0.1) is 0 Å². The van der Waals surface area contributed by atoms with Crippen LogP contribution in [0, 0.1) is 0 Å². The number of nitrogens with one attached hydrogen (secondary N) is 1. The largest absolute Gasteiger partial charge is 0.480 e. The maximum absolute atomic E-state index is 10.8. The predicted molar refractivity (Wildman–Crippen MR) is 71.3 cm³/mol. The zero-order chi connectivity index (χ0) is 12.2. The molecule has 0 amide bonds. The van der Waals surface area contributed by atoms with Crippen LogP contribution >= 0.6 is 12.6 Å². The first-order valence-electron chi connectivity index (χ1n) is 6.29. The molecule has 0 bridgehead atoms. The van der Waals surface area contributed by atoms with E-state index >= 15 is 0 Å². The van der Waals surface area contributed by atoms with Crippen molar-refractivity contribution in [2.24, 2.45) is 0 Å². The minimum atomic E-state index is -0.764. The number of hydrogen-bond donors (Lipinski definition) is 3. The van der Waals surface area contributed by atoms with E-state index in [1.807, 2.05) is 0 Å². The van der Waals surface area contributed by atoms with Gasteiger partial charge in [-0.2, -0.15) is 12.6 Å². The Hall–Kier alpha value is -0.220. The van der Waals surface area contributed by atoms with Crippen LogP contribution in [-0.4, -0.2) is 29.4 Å². The Labute approximate surface area is 104 Å². The Bertz CT molecular complexity index is 176. The number of carboxylic acids is 1. The van der Waals surface area contributed by atoms with Crippen LogP contribution in [0.3, 0.4) is 0 Å². The van der Waals surface area contributed by atoms with Crippen molar-refractivity contribution in [1.82, 2.24) is 5.32 Å². The standard InChI is InChI=1S/C12H25NO2S/c1-2-3-4-5-6-7-9-13-11(8-10-16)12(14)15/h11,13,16H,2-10H2,1H3,(H,14,15)/t11-/m0/s1. The molecule has 1 atom stereocenters. The fourth-order valence-corrected chi connectivity index (χ4v) is 1.88. The highest BCUT2D eigenvalue weighted by Crippen LogP contribution is 2.04. The summed E-state index contributed by atoms with van der Waals surface area (Å²) in [7, 11) is 0. The van der Waals surface area contributed by atoms with Gasteiger partial charge >= 0.3 is 5.97 Å². The van der Waals surface area contributed by atoms with E-state index in [0.717, 1.165) is 13.0 Å². The number of hydrogen-bond acceptors (Lipinski definition) is 3. The fraction of sp³-hybridized carbons (Fsp3) is 0.917. The summed E-state index contributed by atoms with van der Waals surface area (Å²) < 4.78 is 0. The molecule has 0 aliphatic carbocycles. The number of unbranched alkanes of at least 4 members (excludes halogenated alkanes) is 5. The summed E-state index contributed by atoms with van der Waals surface area (Å²) in [6.45, 7) is 3.01. The van der Waals surface area contributed by atoms with Crippen LogP contribution < -0.4 is 5.32 Å². The van der Waals surface area contributed by atoms with Gasteiger partial charge in [-0.25, -0.2) is 0 Å². The van der Waals surface area contributed by atoms with Crippen molar-refractivity contribution in [2.75, 3.05) is 12.3 Å². The summed E-state index contributed by atoms with van der Waals surface area (Å²) >= 11 is 4.05. The molecule has 0 aromatic carbocycles. The van der Waals surface area contributed by atoms with Crippen LogP contribution in [0.15, 0.2) is 0 Å². The van der Waals surface area contributed by atoms with Gasteiger partial charge in [-0.05, 0) is 25.1 Å². The maximum atomic E-state index is 10.8. The van der Waals surface area contributed by atoms with Gasteiger partial charge in [0.15, 0.2) is 0 Å². The second kappa shape index (κ2) is 11.3. The average Bonchev–Trinajstić information content (AvgIpc) is 2.26. The van der Waals surface area contributed by atoms with Crippen molar-refractivity contribution < 1.29 is 9.90 Å². The van der Waals surface area contributed by atoms with E-state index in [0.29, 0.717) is 12.2 Å². The van der Waals surface area contributed by atoms with Crippen LogP contribution in [0.2, 0.25) is 0 Å². The smallest absolute Gasteiger partial charge is 0.320 e. The lowest BCUT2D eigenvalue weighted by atomic mass is 10.1.